The average Bonchev–Trinajstić information content (AvgIpc) is 3.19. The molecule has 7 heteroatoms. The van der Waals surface area contributed by atoms with E-state index in [2.05, 4.69) is 15.9 Å². The lowest BCUT2D eigenvalue weighted by molar-refractivity contribution is -0.123. The molecule has 2 saturated heterocycles. The van der Waals surface area contributed by atoms with E-state index in [9.17, 15) is 9.59 Å². The van der Waals surface area contributed by atoms with Crippen LogP contribution in [0.3, 0.4) is 0 Å². The number of thiophene rings is 1. The summed E-state index contributed by atoms with van der Waals surface area (Å²) in [6.45, 7) is 6.18. The summed E-state index contributed by atoms with van der Waals surface area (Å²) >= 11 is 7.62. The predicted octanol–water partition coefficient (Wildman–Crippen LogP) is 3.16. The molecule has 0 bridgehead atoms. The zero-order valence-corrected chi connectivity index (χ0v) is 16.8. The molecule has 2 aromatic rings. The number of nitrogens with zero attached hydrogens (tertiary/aromatic N) is 3. The number of rotatable bonds is 4. The van der Waals surface area contributed by atoms with Crippen LogP contribution < -0.4 is 4.90 Å². The number of amides is 2. The van der Waals surface area contributed by atoms with E-state index in [0.29, 0.717) is 5.69 Å². The highest BCUT2D eigenvalue weighted by atomic mass is 35.5. The number of carbonyl (C=O) groups excluding carboxylic acids is 2. The molecule has 1 atom stereocenters. The van der Waals surface area contributed by atoms with Gasteiger partial charge in [-0.25, -0.2) is 4.90 Å². The van der Waals surface area contributed by atoms with Crippen molar-refractivity contribution in [3.05, 3.63) is 51.2 Å². The molecule has 27 heavy (non-hydrogen) atoms. The molecule has 2 amide bonds. The summed E-state index contributed by atoms with van der Waals surface area (Å²) in [5.74, 6) is -0.192. The van der Waals surface area contributed by atoms with Crippen LogP contribution in [0.1, 0.15) is 16.9 Å². The second kappa shape index (κ2) is 7.72. The van der Waals surface area contributed by atoms with Gasteiger partial charge in [-0.2, -0.15) is 0 Å². The molecule has 2 fully saturated rings. The number of piperazine rings is 1. The Morgan fingerprint density at radius 3 is 2.48 bits per heavy atom. The minimum atomic E-state index is -0.338. The molecular formula is C20H22ClN3O2S. The van der Waals surface area contributed by atoms with Crippen LogP contribution >= 0.6 is 22.9 Å². The number of para-hydroxylation sites is 1. The van der Waals surface area contributed by atoms with Gasteiger partial charge >= 0.3 is 0 Å². The number of hydrogen-bond donors (Lipinski definition) is 0. The van der Waals surface area contributed by atoms with E-state index in [1.165, 1.54) is 9.78 Å². The molecule has 1 unspecified atom stereocenters. The number of halogens is 1. The van der Waals surface area contributed by atoms with Crippen molar-refractivity contribution in [1.29, 1.82) is 0 Å². The van der Waals surface area contributed by atoms with Crippen LogP contribution in [0, 0.1) is 6.92 Å². The first-order valence-electron chi connectivity index (χ1n) is 9.16. The number of aryl methyl sites for hydroxylation is 1. The Morgan fingerprint density at radius 1 is 1.07 bits per heavy atom. The predicted molar refractivity (Wildman–Crippen MR) is 108 cm³/mol. The summed E-state index contributed by atoms with van der Waals surface area (Å²) in [6, 6.07) is 11.2. The van der Waals surface area contributed by atoms with Crippen molar-refractivity contribution < 1.29 is 9.59 Å². The summed E-state index contributed by atoms with van der Waals surface area (Å²) in [5.41, 5.74) is 1.66. The third-order valence-electron chi connectivity index (χ3n) is 5.34. The molecule has 1 aromatic carbocycles. The lowest BCUT2D eigenvalue weighted by Crippen LogP contribution is -2.52. The van der Waals surface area contributed by atoms with E-state index in [1.807, 2.05) is 37.3 Å². The Kier molecular flexibility index (Phi) is 5.32. The second-order valence-electron chi connectivity index (χ2n) is 7.09. The van der Waals surface area contributed by atoms with Crippen LogP contribution in [0.15, 0.2) is 36.4 Å². The largest absolute Gasteiger partial charge is 0.296 e. The third kappa shape index (κ3) is 3.80. The first-order chi connectivity index (χ1) is 13.0. The van der Waals surface area contributed by atoms with E-state index in [-0.39, 0.29) is 24.3 Å². The van der Waals surface area contributed by atoms with Crippen LogP contribution in [0.25, 0.3) is 0 Å². The van der Waals surface area contributed by atoms with Gasteiger partial charge in [0, 0.05) is 37.6 Å². The van der Waals surface area contributed by atoms with E-state index in [0.717, 1.165) is 42.6 Å². The molecule has 1 aromatic heterocycles. The van der Waals surface area contributed by atoms with Crippen molar-refractivity contribution in [3.63, 3.8) is 0 Å². The first kappa shape index (κ1) is 18.6. The number of benzene rings is 1. The Balaban J connectivity index is 1.39. The highest BCUT2D eigenvalue weighted by Gasteiger charge is 2.43. The van der Waals surface area contributed by atoms with Gasteiger partial charge in [0.1, 0.15) is 0 Å². The number of anilines is 1. The van der Waals surface area contributed by atoms with E-state index >= 15 is 0 Å². The van der Waals surface area contributed by atoms with Gasteiger partial charge in [0.2, 0.25) is 5.91 Å². The minimum Gasteiger partial charge on any atom is -0.296 e. The van der Waals surface area contributed by atoms with Gasteiger partial charge in [0.15, 0.2) is 0 Å². The molecule has 4 rings (SSSR count). The topological polar surface area (TPSA) is 43.9 Å². The molecule has 5 nitrogen and oxygen atoms in total. The van der Waals surface area contributed by atoms with Crippen LogP contribution in [0.4, 0.5) is 5.69 Å². The van der Waals surface area contributed by atoms with Crippen LogP contribution in [-0.2, 0) is 16.1 Å². The van der Waals surface area contributed by atoms with Gasteiger partial charge in [0.25, 0.3) is 5.91 Å². The molecular weight excluding hydrogens is 382 g/mol. The average molecular weight is 404 g/mol. The lowest BCUT2D eigenvalue weighted by Gasteiger charge is -2.36. The Labute approximate surface area is 168 Å². The molecule has 0 saturated carbocycles. The van der Waals surface area contributed by atoms with Crippen LogP contribution in [-0.4, -0.2) is 53.8 Å². The molecule has 0 N–H and O–H groups in total. The van der Waals surface area contributed by atoms with Crippen LogP contribution in [0.2, 0.25) is 4.34 Å². The van der Waals surface area contributed by atoms with Gasteiger partial charge in [-0.1, -0.05) is 29.8 Å². The standard InChI is InChI=1S/C20H22ClN3O2S/c1-14-4-2-3-5-16(14)24-19(25)12-17(20(24)26)23-10-8-22(9-11-23)13-15-6-7-18(21)27-15/h2-7,17H,8-13H2,1H3. The van der Waals surface area contributed by atoms with Gasteiger partial charge in [-0.05, 0) is 30.7 Å². The molecule has 0 aliphatic carbocycles. The maximum absolute atomic E-state index is 13.0. The van der Waals surface area contributed by atoms with Crippen molar-refractivity contribution in [3.8, 4) is 0 Å². The lowest BCUT2D eigenvalue weighted by atomic mass is 10.1. The minimum absolute atomic E-state index is 0.0900. The van der Waals surface area contributed by atoms with E-state index < -0.39 is 0 Å². The summed E-state index contributed by atoms with van der Waals surface area (Å²) in [5, 5.41) is 0. The molecule has 3 heterocycles. The van der Waals surface area contributed by atoms with Gasteiger partial charge in [0.05, 0.1) is 22.5 Å². The Morgan fingerprint density at radius 2 is 1.81 bits per heavy atom. The summed E-state index contributed by atoms with van der Waals surface area (Å²) in [6.07, 6.45) is 0.272. The smallest absolute Gasteiger partial charge is 0.251 e. The monoisotopic (exact) mass is 403 g/mol. The van der Waals surface area contributed by atoms with Crippen molar-refractivity contribution in [2.24, 2.45) is 0 Å². The molecule has 2 aliphatic rings. The number of carbonyl (C=O) groups is 2. The SMILES string of the molecule is Cc1ccccc1N1C(=O)CC(N2CCN(Cc3ccc(Cl)s3)CC2)C1=O. The fourth-order valence-corrected chi connectivity index (χ4v) is 4.99. The van der Waals surface area contributed by atoms with E-state index in [4.69, 9.17) is 11.6 Å². The fourth-order valence-electron chi connectivity index (χ4n) is 3.86. The highest BCUT2D eigenvalue weighted by molar-refractivity contribution is 7.16. The van der Waals surface area contributed by atoms with Gasteiger partial charge < -0.3 is 0 Å². The zero-order valence-electron chi connectivity index (χ0n) is 15.2. The normalized spacial score (nSPS) is 22.0. The highest BCUT2D eigenvalue weighted by Crippen LogP contribution is 2.29. The van der Waals surface area contributed by atoms with Crippen molar-refractivity contribution in [2.45, 2.75) is 25.9 Å². The number of hydrogen-bond acceptors (Lipinski definition) is 5. The summed E-state index contributed by atoms with van der Waals surface area (Å²) in [7, 11) is 0. The van der Waals surface area contributed by atoms with Gasteiger partial charge in [-0.15, -0.1) is 11.3 Å². The Bertz CT molecular complexity index is 860. The summed E-state index contributed by atoms with van der Waals surface area (Å²) in [4.78, 5) is 32.7. The third-order valence-corrected chi connectivity index (χ3v) is 6.55. The molecule has 0 radical (unpaired) electrons. The number of imide groups is 1. The van der Waals surface area contributed by atoms with Crippen molar-refractivity contribution >= 4 is 40.4 Å². The fraction of sp³-hybridized carbons (Fsp3) is 0.400. The Hall–Kier alpha value is -1.73. The maximum Gasteiger partial charge on any atom is 0.251 e. The molecule has 142 valence electrons. The molecule has 2 aliphatic heterocycles. The first-order valence-corrected chi connectivity index (χ1v) is 10.4. The van der Waals surface area contributed by atoms with Crippen LogP contribution in [0.5, 0.6) is 0 Å². The van der Waals surface area contributed by atoms with Crippen molar-refractivity contribution in [2.75, 3.05) is 31.1 Å². The maximum atomic E-state index is 13.0. The second-order valence-corrected chi connectivity index (χ2v) is 8.89. The zero-order chi connectivity index (χ0) is 19.0. The molecule has 0 spiro atoms. The quantitative estimate of drug-likeness (QED) is 0.735. The van der Waals surface area contributed by atoms with E-state index in [1.54, 1.807) is 11.3 Å². The van der Waals surface area contributed by atoms with Gasteiger partial charge in [-0.3, -0.25) is 19.4 Å². The summed E-state index contributed by atoms with van der Waals surface area (Å²) < 4.78 is 0.815. The van der Waals surface area contributed by atoms with Crippen molar-refractivity contribution in [1.82, 2.24) is 9.80 Å².